The van der Waals surface area contributed by atoms with Crippen LogP contribution < -0.4 is 0 Å². The van der Waals surface area contributed by atoms with Gasteiger partial charge in [0.25, 0.3) is 0 Å². The lowest BCUT2D eigenvalue weighted by atomic mass is 9.29. The van der Waals surface area contributed by atoms with Gasteiger partial charge in [0.2, 0.25) is 0 Å². The molecule has 1 N–H and O–H groups in total. The van der Waals surface area contributed by atoms with Gasteiger partial charge < -0.3 is 5.11 Å². The average molecular weight is 441 g/mol. The van der Waals surface area contributed by atoms with Crippen molar-refractivity contribution in [3.63, 3.8) is 0 Å². The van der Waals surface area contributed by atoms with E-state index in [-0.39, 0.29) is 11.5 Å². The van der Waals surface area contributed by atoms with Crippen molar-refractivity contribution in [2.45, 2.75) is 139 Å². The third-order valence-electron chi connectivity index (χ3n) is 13.9. The van der Waals surface area contributed by atoms with Gasteiger partial charge in [-0.3, -0.25) is 0 Å². The molecule has 7 unspecified atom stereocenters. The number of hydrogen-bond acceptors (Lipinski definition) is 1. The molecule has 0 aromatic carbocycles. The highest BCUT2D eigenvalue weighted by atomic mass is 16.3. The van der Waals surface area contributed by atoms with Gasteiger partial charge in [0, 0.05) is 0 Å². The van der Waals surface area contributed by atoms with E-state index in [0.29, 0.717) is 38.4 Å². The summed E-state index contributed by atoms with van der Waals surface area (Å²) in [6.45, 7) is 23.2. The molecule has 1 heteroatoms. The summed E-state index contributed by atoms with van der Waals surface area (Å²) in [5.41, 5.74) is 6.15. The van der Waals surface area contributed by atoms with Crippen molar-refractivity contribution < 1.29 is 5.11 Å². The van der Waals surface area contributed by atoms with Crippen molar-refractivity contribution in [3.8, 4) is 0 Å². The molecule has 5 aliphatic rings. The third kappa shape index (κ3) is 2.56. The van der Waals surface area contributed by atoms with Gasteiger partial charge in [-0.05, 0) is 114 Å². The van der Waals surface area contributed by atoms with Crippen LogP contribution >= 0.6 is 0 Å². The lowest BCUT2D eigenvalue weighted by Crippen LogP contribution is -2.68. The van der Waals surface area contributed by atoms with E-state index in [4.69, 9.17) is 0 Å². The third-order valence-corrected chi connectivity index (χ3v) is 13.9. The molecule has 0 heterocycles. The lowest BCUT2D eigenvalue weighted by molar-refractivity contribution is -0.253. The molecular formula is C31H52O. The summed E-state index contributed by atoms with van der Waals surface area (Å²) in [5, 5.41) is 11.0. The van der Waals surface area contributed by atoms with Crippen LogP contribution in [0.25, 0.3) is 0 Å². The van der Waals surface area contributed by atoms with E-state index in [1.807, 2.05) is 11.1 Å². The molecule has 0 spiro atoms. The second kappa shape index (κ2) is 6.47. The molecule has 32 heavy (non-hydrogen) atoms. The van der Waals surface area contributed by atoms with E-state index in [1.54, 1.807) is 0 Å². The van der Waals surface area contributed by atoms with E-state index >= 15 is 0 Å². The maximum Gasteiger partial charge on any atom is 0.0594 e. The first kappa shape index (κ1) is 23.4. The van der Waals surface area contributed by atoms with Gasteiger partial charge in [0.1, 0.15) is 0 Å². The number of aliphatic hydroxyl groups excluding tert-OH is 1. The summed E-state index contributed by atoms with van der Waals surface area (Å²) in [5.74, 6) is 0.636. The molecule has 0 aliphatic heterocycles. The first-order valence-corrected chi connectivity index (χ1v) is 14.0. The summed E-state index contributed by atoms with van der Waals surface area (Å²) in [6, 6.07) is 0. The summed E-state index contributed by atoms with van der Waals surface area (Å²) in [6.07, 6.45) is 14.3. The van der Waals surface area contributed by atoms with Crippen molar-refractivity contribution in [1.82, 2.24) is 0 Å². The fourth-order valence-corrected chi connectivity index (χ4v) is 10.9. The topological polar surface area (TPSA) is 20.2 Å². The van der Waals surface area contributed by atoms with Crippen LogP contribution in [0.5, 0.6) is 0 Å². The van der Waals surface area contributed by atoms with Crippen LogP contribution in [0.2, 0.25) is 0 Å². The van der Waals surface area contributed by atoms with E-state index in [9.17, 15) is 5.11 Å². The zero-order valence-corrected chi connectivity index (χ0v) is 22.9. The quantitative estimate of drug-likeness (QED) is 0.373. The second-order valence-electron chi connectivity index (χ2n) is 15.7. The van der Waals surface area contributed by atoms with E-state index in [0.717, 1.165) is 6.42 Å². The van der Waals surface area contributed by atoms with Crippen LogP contribution in [0.3, 0.4) is 0 Å². The van der Waals surface area contributed by atoms with Gasteiger partial charge in [0.05, 0.1) is 6.10 Å². The van der Waals surface area contributed by atoms with Crippen molar-refractivity contribution in [3.05, 3.63) is 11.1 Å². The van der Waals surface area contributed by atoms with Crippen LogP contribution in [-0.2, 0) is 0 Å². The maximum absolute atomic E-state index is 11.0. The Morgan fingerprint density at radius 3 is 2.00 bits per heavy atom. The normalized spacial score (nSPS) is 54.2. The predicted octanol–water partition coefficient (Wildman–Crippen LogP) is 8.70. The molecule has 1 nitrogen and oxygen atoms in total. The standard InChI is InChI=1S/C31H52O/c1-25(2)16-17-27(5)18-19-28(6)21(22(27)20-25)10-14-31(9)29(7)13-12-24(32)26(3,4)23(29)11-15-30(28,31)8/h23-24,32H,10-20H2,1-9H3. The van der Waals surface area contributed by atoms with Crippen molar-refractivity contribution in [1.29, 1.82) is 0 Å². The molecule has 0 aromatic rings. The average Bonchev–Trinajstić information content (AvgIpc) is 2.69. The first-order valence-electron chi connectivity index (χ1n) is 14.0. The van der Waals surface area contributed by atoms with Crippen LogP contribution in [0.4, 0.5) is 0 Å². The van der Waals surface area contributed by atoms with Gasteiger partial charge in [-0.1, -0.05) is 73.5 Å². The van der Waals surface area contributed by atoms with E-state index in [1.165, 1.54) is 64.2 Å². The summed E-state index contributed by atoms with van der Waals surface area (Å²) in [4.78, 5) is 0. The van der Waals surface area contributed by atoms with Gasteiger partial charge >= 0.3 is 0 Å². The fourth-order valence-electron chi connectivity index (χ4n) is 10.9. The lowest BCUT2D eigenvalue weighted by Gasteiger charge is -2.75. The monoisotopic (exact) mass is 440 g/mol. The Labute approximate surface area is 199 Å². The Morgan fingerprint density at radius 1 is 0.656 bits per heavy atom. The molecule has 0 bridgehead atoms. The molecule has 0 amide bonds. The first-order chi connectivity index (χ1) is 14.6. The zero-order valence-electron chi connectivity index (χ0n) is 22.9. The van der Waals surface area contributed by atoms with Crippen molar-refractivity contribution in [2.75, 3.05) is 0 Å². The number of aliphatic hydroxyl groups is 1. The SMILES string of the molecule is CC1(C)CCC2(C)CCC3(C)C(=C2C1)CCC1(C)C2(C)CCC(O)C(C)(C)C2CCC31C. The van der Waals surface area contributed by atoms with Crippen molar-refractivity contribution in [2.24, 2.45) is 43.8 Å². The van der Waals surface area contributed by atoms with E-state index in [2.05, 4.69) is 62.3 Å². The molecule has 0 saturated heterocycles. The zero-order chi connectivity index (χ0) is 23.6. The molecule has 182 valence electrons. The molecular weight excluding hydrogens is 388 g/mol. The molecule has 5 rings (SSSR count). The van der Waals surface area contributed by atoms with E-state index < -0.39 is 0 Å². The highest BCUT2D eigenvalue weighted by molar-refractivity contribution is 5.39. The van der Waals surface area contributed by atoms with Crippen LogP contribution in [0.15, 0.2) is 11.1 Å². The largest absolute Gasteiger partial charge is 0.393 e. The Hall–Kier alpha value is -0.300. The molecule has 0 radical (unpaired) electrons. The smallest absolute Gasteiger partial charge is 0.0594 e. The number of fused-ring (bicyclic) bond motifs is 6. The highest BCUT2D eigenvalue weighted by Crippen LogP contribution is 2.80. The fraction of sp³-hybridized carbons (Fsp3) is 0.935. The van der Waals surface area contributed by atoms with Crippen LogP contribution in [0.1, 0.15) is 133 Å². The van der Waals surface area contributed by atoms with Crippen LogP contribution in [-0.4, -0.2) is 11.2 Å². The number of rotatable bonds is 0. The number of allylic oxidation sites excluding steroid dienone is 2. The summed E-state index contributed by atoms with van der Waals surface area (Å²) < 4.78 is 0. The van der Waals surface area contributed by atoms with Gasteiger partial charge in [-0.2, -0.15) is 0 Å². The Morgan fingerprint density at radius 2 is 1.31 bits per heavy atom. The molecule has 4 saturated carbocycles. The van der Waals surface area contributed by atoms with Crippen molar-refractivity contribution >= 4 is 0 Å². The minimum atomic E-state index is -0.134. The van der Waals surface area contributed by atoms with Gasteiger partial charge in [-0.25, -0.2) is 0 Å². The number of hydrogen-bond donors (Lipinski definition) is 1. The second-order valence-corrected chi connectivity index (χ2v) is 15.7. The minimum Gasteiger partial charge on any atom is -0.393 e. The molecule has 7 atom stereocenters. The summed E-state index contributed by atoms with van der Waals surface area (Å²) in [7, 11) is 0. The minimum absolute atomic E-state index is 0.0372. The molecule has 0 aromatic heterocycles. The molecule has 4 fully saturated rings. The van der Waals surface area contributed by atoms with Gasteiger partial charge in [0.15, 0.2) is 0 Å². The highest BCUT2D eigenvalue weighted by Gasteiger charge is 2.72. The predicted molar refractivity (Wildman–Crippen MR) is 135 cm³/mol. The Kier molecular flexibility index (Phi) is 4.74. The van der Waals surface area contributed by atoms with Gasteiger partial charge in [-0.15, -0.1) is 0 Å². The van der Waals surface area contributed by atoms with Crippen LogP contribution in [0, 0.1) is 43.8 Å². The summed E-state index contributed by atoms with van der Waals surface area (Å²) >= 11 is 0. The molecule has 5 aliphatic carbocycles. The Bertz CT molecular complexity index is 849. The Balaban J connectivity index is 1.64. The maximum atomic E-state index is 11.0.